The van der Waals surface area contributed by atoms with E-state index in [4.69, 9.17) is 4.74 Å². The number of methoxy groups -OCH3 is 1. The average molecular weight is 395 g/mol. The Hall–Kier alpha value is -2.97. The number of ether oxygens (including phenoxy) is 2. The second kappa shape index (κ2) is 7.95. The van der Waals surface area contributed by atoms with Crippen LogP contribution in [0.15, 0.2) is 42.6 Å². The van der Waals surface area contributed by atoms with Gasteiger partial charge in [-0.2, -0.15) is 0 Å². The van der Waals surface area contributed by atoms with E-state index >= 15 is 0 Å². The Morgan fingerprint density at radius 1 is 1.29 bits per heavy atom. The van der Waals surface area contributed by atoms with Crippen LogP contribution in [0.2, 0.25) is 0 Å². The highest BCUT2D eigenvalue weighted by atomic mass is 19.4. The molecule has 1 N–H and O–H groups in total. The molecule has 1 fully saturated rings. The molecule has 1 aliphatic rings. The van der Waals surface area contributed by atoms with E-state index < -0.39 is 18.0 Å². The lowest BCUT2D eigenvalue weighted by Crippen LogP contribution is -2.35. The molecule has 6 nitrogen and oxygen atoms in total. The van der Waals surface area contributed by atoms with E-state index in [2.05, 4.69) is 15.0 Å². The van der Waals surface area contributed by atoms with Gasteiger partial charge in [0.15, 0.2) is 0 Å². The minimum Gasteiger partial charge on any atom is -0.497 e. The largest absolute Gasteiger partial charge is 0.573 e. The average Bonchev–Trinajstić information content (AvgIpc) is 3.00. The van der Waals surface area contributed by atoms with Crippen LogP contribution >= 0.6 is 0 Å². The molecule has 1 amide bonds. The van der Waals surface area contributed by atoms with Crippen molar-refractivity contribution in [2.75, 3.05) is 19.0 Å². The van der Waals surface area contributed by atoms with E-state index in [-0.39, 0.29) is 17.6 Å². The van der Waals surface area contributed by atoms with Gasteiger partial charge >= 0.3 is 6.36 Å². The third-order valence-electron chi connectivity index (χ3n) is 4.50. The summed E-state index contributed by atoms with van der Waals surface area (Å²) in [5.41, 5.74) is -0.119. The van der Waals surface area contributed by atoms with Crippen LogP contribution in [0, 0.1) is 0 Å². The Morgan fingerprint density at radius 3 is 2.75 bits per heavy atom. The first kappa shape index (κ1) is 19.8. The number of rotatable bonds is 5. The Kier molecular flexibility index (Phi) is 5.62. The van der Waals surface area contributed by atoms with Crippen molar-refractivity contribution in [3.05, 3.63) is 48.2 Å². The summed E-state index contributed by atoms with van der Waals surface area (Å²) >= 11 is 0. The Bertz CT molecular complexity index is 844. The molecular weight excluding hydrogens is 375 g/mol. The van der Waals surface area contributed by atoms with Crippen molar-refractivity contribution in [2.24, 2.45) is 0 Å². The summed E-state index contributed by atoms with van der Waals surface area (Å²) in [6.07, 6.45) is -2.63. The number of hydrogen-bond acceptors (Lipinski definition) is 5. The molecule has 3 rings (SSSR count). The summed E-state index contributed by atoms with van der Waals surface area (Å²) in [5.74, 6) is 0.245. The van der Waals surface area contributed by atoms with Gasteiger partial charge in [0.05, 0.1) is 12.7 Å². The SMILES string of the molecule is COc1ccnc(N[C@H]2C[C@H](C)N(C(=O)c3ccccc3OC(F)(F)F)C2)c1. The fourth-order valence-corrected chi connectivity index (χ4v) is 3.26. The number of aromatic nitrogens is 1. The third-order valence-corrected chi connectivity index (χ3v) is 4.50. The maximum atomic E-state index is 12.9. The van der Waals surface area contributed by atoms with Crippen molar-refractivity contribution in [3.63, 3.8) is 0 Å². The monoisotopic (exact) mass is 395 g/mol. The topological polar surface area (TPSA) is 63.7 Å². The maximum absolute atomic E-state index is 12.9. The van der Waals surface area contributed by atoms with Crippen LogP contribution in [0.1, 0.15) is 23.7 Å². The summed E-state index contributed by atoms with van der Waals surface area (Å²) < 4.78 is 47.1. The first-order valence-electron chi connectivity index (χ1n) is 8.69. The molecule has 9 heteroatoms. The normalized spacial score (nSPS) is 19.4. The number of nitrogens with zero attached hydrogens (tertiary/aromatic N) is 2. The number of pyridine rings is 1. The summed E-state index contributed by atoms with van der Waals surface area (Å²) in [7, 11) is 1.55. The van der Waals surface area contributed by atoms with E-state index in [0.29, 0.717) is 24.5 Å². The van der Waals surface area contributed by atoms with Gasteiger partial charge in [-0.1, -0.05) is 12.1 Å². The minimum atomic E-state index is -4.87. The molecule has 1 aromatic heterocycles. The first-order valence-corrected chi connectivity index (χ1v) is 8.69. The van der Waals surface area contributed by atoms with Crippen molar-refractivity contribution >= 4 is 11.7 Å². The van der Waals surface area contributed by atoms with Crippen molar-refractivity contribution in [1.82, 2.24) is 9.88 Å². The smallest absolute Gasteiger partial charge is 0.497 e. The predicted octanol–water partition coefficient (Wildman–Crippen LogP) is 3.70. The van der Waals surface area contributed by atoms with Crippen LogP contribution < -0.4 is 14.8 Å². The van der Waals surface area contributed by atoms with Crippen molar-refractivity contribution in [1.29, 1.82) is 0 Å². The molecule has 0 radical (unpaired) electrons. The first-order chi connectivity index (χ1) is 13.3. The van der Waals surface area contributed by atoms with Gasteiger partial charge in [-0.05, 0) is 31.5 Å². The Morgan fingerprint density at radius 2 is 2.04 bits per heavy atom. The number of nitrogens with one attached hydrogen (secondary N) is 1. The highest BCUT2D eigenvalue weighted by Crippen LogP contribution is 2.30. The van der Waals surface area contributed by atoms with Crippen LogP contribution in [-0.4, -0.2) is 47.9 Å². The van der Waals surface area contributed by atoms with Crippen LogP contribution in [0.3, 0.4) is 0 Å². The van der Waals surface area contributed by atoms with E-state index in [1.165, 1.54) is 23.1 Å². The summed E-state index contributed by atoms with van der Waals surface area (Å²) in [4.78, 5) is 18.6. The van der Waals surface area contributed by atoms with Gasteiger partial charge in [0.1, 0.15) is 17.3 Å². The quantitative estimate of drug-likeness (QED) is 0.836. The standard InChI is InChI=1S/C19H20F3N3O3/c1-12-9-13(24-17-10-14(27-2)7-8-23-17)11-25(12)18(26)15-5-3-4-6-16(15)28-19(20,21)22/h3-8,10,12-13H,9,11H2,1-2H3,(H,23,24)/t12-,13-/m0/s1. The second-order valence-corrected chi connectivity index (χ2v) is 6.51. The number of carbonyl (C=O) groups excluding carboxylic acids is 1. The second-order valence-electron chi connectivity index (χ2n) is 6.51. The van der Waals surface area contributed by atoms with Crippen LogP contribution in [-0.2, 0) is 0 Å². The highest BCUT2D eigenvalue weighted by Gasteiger charge is 2.37. The lowest BCUT2D eigenvalue weighted by Gasteiger charge is -2.23. The molecule has 2 heterocycles. The number of halogens is 3. The number of likely N-dealkylation sites (tertiary alicyclic amines) is 1. The van der Waals surface area contributed by atoms with Crippen molar-refractivity contribution in [3.8, 4) is 11.5 Å². The molecule has 2 aromatic rings. The Balaban J connectivity index is 1.73. The van der Waals surface area contributed by atoms with Gasteiger partial charge in [-0.15, -0.1) is 13.2 Å². The van der Waals surface area contributed by atoms with Gasteiger partial charge in [0.2, 0.25) is 0 Å². The van der Waals surface area contributed by atoms with Crippen LogP contribution in [0.25, 0.3) is 0 Å². The fourth-order valence-electron chi connectivity index (χ4n) is 3.26. The van der Waals surface area contributed by atoms with E-state index in [9.17, 15) is 18.0 Å². The number of para-hydroxylation sites is 1. The lowest BCUT2D eigenvalue weighted by molar-refractivity contribution is -0.274. The summed E-state index contributed by atoms with van der Waals surface area (Å²) in [6.45, 7) is 2.19. The van der Waals surface area contributed by atoms with Gasteiger partial charge in [0, 0.05) is 30.9 Å². The van der Waals surface area contributed by atoms with E-state index in [1.807, 2.05) is 6.92 Å². The Labute approximate surface area is 160 Å². The zero-order valence-electron chi connectivity index (χ0n) is 15.4. The minimum absolute atomic E-state index is 0.0887. The van der Waals surface area contributed by atoms with E-state index in [1.54, 1.807) is 25.4 Å². The molecule has 0 unspecified atom stereocenters. The van der Waals surface area contributed by atoms with Gasteiger partial charge in [-0.3, -0.25) is 4.79 Å². The number of anilines is 1. The molecule has 0 bridgehead atoms. The lowest BCUT2D eigenvalue weighted by atomic mass is 10.1. The predicted molar refractivity (Wildman–Crippen MR) is 96.4 cm³/mol. The van der Waals surface area contributed by atoms with Crippen LogP contribution in [0.5, 0.6) is 11.5 Å². The molecule has 150 valence electrons. The molecule has 0 aliphatic carbocycles. The third kappa shape index (κ3) is 4.65. The zero-order chi connectivity index (χ0) is 20.3. The van der Waals surface area contributed by atoms with Crippen LogP contribution in [0.4, 0.5) is 19.0 Å². The molecule has 28 heavy (non-hydrogen) atoms. The van der Waals surface area contributed by atoms with Crippen molar-refractivity contribution in [2.45, 2.75) is 31.8 Å². The molecule has 0 spiro atoms. The van der Waals surface area contributed by atoms with Crippen molar-refractivity contribution < 1.29 is 27.4 Å². The fraction of sp³-hybridized carbons (Fsp3) is 0.368. The maximum Gasteiger partial charge on any atom is 0.573 e. The number of benzene rings is 1. The summed E-state index contributed by atoms with van der Waals surface area (Å²) in [5, 5.41) is 3.24. The molecule has 2 atom stereocenters. The molecule has 1 aromatic carbocycles. The number of hydrogen-bond donors (Lipinski definition) is 1. The summed E-state index contributed by atoms with van der Waals surface area (Å²) in [6, 6.07) is 8.58. The van der Waals surface area contributed by atoms with Gasteiger partial charge < -0.3 is 19.7 Å². The van der Waals surface area contributed by atoms with E-state index in [0.717, 1.165) is 6.07 Å². The highest BCUT2D eigenvalue weighted by molar-refractivity contribution is 5.97. The van der Waals surface area contributed by atoms with Gasteiger partial charge in [0.25, 0.3) is 5.91 Å². The molecular formula is C19H20F3N3O3. The molecule has 1 saturated heterocycles. The number of amides is 1. The molecule has 0 saturated carbocycles. The number of carbonyl (C=O) groups is 1. The molecule has 1 aliphatic heterocycles. The zero-order valence-corrected chi connectivity index (χ0v) is 15.4. The number of alkyl halides is 3. The van der Waals surface area contributed by atoms with Gasteiger partial charge in [-0.25, -0.2) is 4.98 Å².